The molecule has 0 amide bonds. The van der Waals surface area contributed by atoms with Gasteiger partial charge in [-0.2, -0.15) is 0 Å². The molecule has 0 atom stereocenters. The van der Waals surface area contributed by atoms with E-state index >= 15 is 0 Å². The number of rotatable bonds is 10. The number of carboxylic acids is 4. The third-order valence-corrected chi connectivity index (χ3v) is 2.31. The topological polar surface area (TPSA) is 195 Å². The van der Waals surface area contributed by atoms with Crippen LogP contribution in [0.3, 0.4) is 0 Å². The van der Waals surface area contributed by atoms with Gasteiger partial charge in [-0.1, -0.05) is 53.4 Å². The van der Waals surface area contributed by atoms with Gasteiger partial charge in [-0.25, -0.2) is 0 Å². The Morgan fingerprint density at radius 1 is 0.469 bits per heavy atom. The normalized spacial score (nSPS) is 7.94. The molecule has 0 heterocycles. The number of carbonyl (C=O) groups is 6. The van der Waals surface area contributed by atoms with Crippen LogP contribution in [0.4, 0.5) is 0 Å². The van der Waals surface area contributed by atoms with Gasteiger partial charge >= 0.3 is 26.2 Å². The molecule has 32 heavy (non-hydrogen) atoms. The molecule has 0 unspecified atom stereocenters. The number of ketones is 2. The van der Waals surface area contributed by atoms with E-state index in [1.54, 1.807) is 27.7 Å². The summed E-state index contributed by atoms with van der Waals surface area (Å²) in [5, 5.41) is 38.0. The second kappa shape index (κ2) is 36.5. The number of aliphatic carboxylic acids is 4. The summed E-state index contributed by atoms with van der Waals surface area (Å²) in [6.07, 6.45) is 3.48. The summed E-state index contributed by atoms with van der Waals surface area (Å²) in [4.78, 5) is 58.0. The van der Waals surface area contributed by atoms with E-state index in [1.807, 2.05) is 0 Å². The Morgan fingerprint density at radius 2 is 0.625 bits per heavy atom. The molecule has 0 aromatic rings. The Balaban J connectivity index is -0.0000000656. The van der Waals surface area contributed by atoms with Gasteiger partial charge in [0.05, 0.1) is 6.42 Å². The van der Waals surface area contributed by atoms with Crippen molar-refractivity contribution in [2.75, 3.05) is 0 Å². The van der Waals surface area contributed by atoms with Crippen LogP contribution in [-0.2, 0) is 55.0 Å². The van der Waals surface area contributed by atoms with E-state index in [0.29, 0.717) is 25.7 Å². The summed E-state index contributed by atoms with van der Waals surface area (Å²) in [5.41, 5.74) is 0. The van der Waals surface area contributed by atoms with Crippen LogP contribution < -0.4 is 20.4 Å². The third-order valence-electron chi connectivity index (χ3n) is 2.31. The Labute approximate surface area is 209 Å². The molecule has 0 aliphatic rings. The maximum absolute atomic E-state index is 10.0. The molecule has 0 saturated heterocycles. The van der Waals surface area contributed by atoms with E-state index in [2.05, 4.69) is 0 Å². The fourth-order valence-electron chi connectivity index (χ4n) is 1.17. The molecule has 0 aliphatic heterocycles. The van der Waals surface area contributed by atoms with E-state index in [1.165, 1.54) is 13.8 Å². The van der Waals surface area contributed by atoms with Crippen molar-refractivity contribution in [3.8, 4) is 0 Å². The monoisotopic (exact) mass is 538 g/mol. The van der Waals surface area contributed by atoms with E-state index in [0.717, 1.165) is 0 Å². The molecule has 0 saturated carbocycles. The largest absolute Gasteiger partial charge is 4.00 e. The smallest absolute Gasteiger partial charge is 0.550 e. The molecular formula is C21H36O10Zr. The summed E-state index contributed by atoms with van der Waals surface area (Å²) < 4.78 is 0. The molecule has 0 rings (SSSR count). The number of Topliss-reactive ketones (excluding diaryl/α,β-unsaturated/α-hetero) is 2. The van der Waals surface area contributed by atoms with Crippen molar-refractivity contribution in [1.29, 1.82) is 0 Å². The van der Waals surface area contributed by atoms with E-state index in [-0.39, 0.29) is 69.9 Å². The van der Waals surface area contributed by atoms with Gasteiger partial charge < -0.3 is 39.6 Å². The van der Waals surface area contributed by atoms with Gasteiger partial charge in [-0.15, -0.1) is 0 Å². The minimum absolute atomic E-state index is 0. The molecule has 0 aromatic heterocycles. The van der Waals surface area contributed by atoms with E-state index in [4.69, 9.17) is 0 Å². The van der Waals surface area contributed by atoms with Crippen molar-refractivity contribution in [3.05, 3.63) is 0 Å². The molecule has 0 bridgehead atoms. The molecule has 0 spiro atoms. The number of hydrogen-bond donors (Lipinski definition) is 0. The van der Waals surface area contributed by atoms with Crippen molar-refractivity contribution in [2.45, 2.75) is 99.3 Å². The fraction of sp³-hybridized carbons (Fsp3) is 0.714. The molecule has 0 aromatic carbocycles. The molecule has 184 valence electrons. The summed E-state index contributed by atoms with van der Waals surface area (Å²) in [5.74, 6) is -3.97. The molecular weight excluding hydrogens is 503 g/mol. The van der Waals surface area contributed by atoms with Crippen LogP contribution >= 0.6 is 0 Å². The van der Waals surface area contributed by atoms with E-state index < -0.39 is 23.9 Å². The van der Waals surface area contributed by atoms with Crippen LogP contribution in [0.5, 0.6) is 0 Å². The average molecular weight is 540 g/mol. The van der Waals surface area contributed by atoms with Crippen LogP contribution in [0, 0.1) is 0 Å². The Bertz CT molecular complexity index is 429. The molecule has 11 heteroatoms. The van der Waals surface area contributed by atoms with Gasteiger partial charge in [0.15, 0.2) is 0 Å². The fourth-order valence-corrected chi connectivity index (χ4v) is 1.17. The Kier molecular flexibility index (Phi) is 50.0. The predicted molar refractivity (Wildman–Crippen MR) is 106 cm³/mol. The molecule has 0 N–H and O–H groups in total. The Hall–Kier alpha value is -1.90. The van der Waals surface area contributed by atoms with Gasteiger partial charge in [-0.05, 0) is 39.5 Å². The number of carboxylic acid groups (broad SMARTS) is 4. The summed E-state index contributed by atoms with van der Waals surface area (Å²) in [6, 6.07) is 0. The molecule has 0 aliphatic carbocycles. The van der Waals surface area contributed by atoms with Gasteiger partial charge in [0.2, 0.25) is 0 Å². The van der Waals surface area contributed by atoms with E-state index in [9.17, 15) is 49.2 Å². The van der Waals surface area contributed by atoms with Crippen molar-refractivity contribution in [1.82, 2.24) is 0 Å². The minimum Gasteiger partial charge on any atom is -0.550 e. The van der Waals surface area contributed by atoms with Crippen LogP contribution in [0.15, 0.2) is 0 Å². The second-order valence-electron chi connectivity index (χ2n) is 6.07. The summed E-state index contributed by atoms with van der Waals surface area (Å²) in [7, 11) is 0. The zero-order chi connectivity index (χ0) is 25.8. The predicted octanol–water partition coefficient (Wildman–Crippen LogP) is -1.30. The van der Waals surface area contributed by atoms with Crippen LogP contribution in [0.2, 0.25) is 0 Å². The standard InChI is InChI=1S/C5H8O2.4C4H8O2.Zr/c1-4(6)3-5(2)7;4*1-2-3-4(5)6;/h3H2,1-2H3;4*2-3H2,1H3,(H,5,6);/q;;;;;+4/p-4. The second-order valence-corrected chi connectivity index (χ2v) is 6.07. The van der Waals surface area contributed by atoms with Crippen molar-refractivity contribution >= 4 is 35.4 Å². The first-order valence-electron chi connectivity index (χ1n) is 9.99. The zero-order valence-corrected chi connectivity index (χ0v) is 22.4. The van der Waals surface area contributed by atoms with Crippen molar-refractivity contribution < 1.29 is 75.4 Å². The van der Waals surface area contributed by atoms with Crippen LogP contribution in [0.25, 0.3) is 0 Å². The molecule has 0 fully saturated rings. The maximum atomic E-state index is 10.0. The SMILES string of the molecule is CC(=O)CC(C)=O.CCCC(=O)[O-].CCCC(=O)[O-].CCCC(=O)[O-].CCCC(=O)[O-].[Zr+4]. The van der Waals surface area contributed by atoms with Crippen molar-refractivity contribution in [3.63, 3.8) is 0 Å². The summed E-state index contributed by atoms with van der Waals surface area (Å²) in [6.45, 7) is 10.0. The third kappa shape index (κ3) is 104. The van der Waals surface area contributed by atoms with Crippen molar-refractivity contribution in [2.24, 2.45) is 0 Å². The quantitative estimate of drug-likeness (QED) is 0.301. The van der Waals surface area contributed by atoms with Crippen LogP contribution in [-0.4, -0.2) is 35.4 Å². The summed E-state index contributed by atoms with van der Waals surface area (Å²) >= 11 is 0. The number of carbonyl (C=O) groups excluding carboxylic acids is 6. The van der Waals surface area contributed by atoms with Gasteiger partial charge in [0.1, 0.15) is 11.6 Å². The van der Waals surface area contributed by atoms with Gasteiger partial charge in [0, 0.05) is 23.9 Å². The Morgan fingerprint density at radius 3 is 0.625 bits per heavy atom. The zero-order valence-electron chi connectivity index (χ0n) is 19.9. The maximum Gasteiger partial charge on any atom is 4.00 e. The average Bonchev–Trinajstić information content (AvgIpc) is 2.55. The first kappa shape index (κ1) is 43.9. The minimum atomic E-state index is -0.961. The molecule has 0 radical (unpaired) electrons. The first-order chi connectivity index (χ1) is 14.2. The van der Waals surface area contributed by atoms with Gasteiger partial charge in [0.25, 0.3) is 0 Å². The molecule has 10 nitrogen and oxygen atoms in total. The van der Waals surface area contributed by atoms with Crippen LogP contribution in [0.1, 0.15) is 99.3 Å². The van der Waals surface area contributed by atoms with Gasteiger partial charge in [-0.3, -0.25) is 9.59 Å². The first-order valence-corrected chi connectivity index (χ1v) is 9.99. The number of hydrogen-bond acceptors (Lipinski definition) is 10.